The second kappa shape index (κ2) is 7.05. The van der Waals surface area contributed by atoms with Crippen LogP contribution in [-0.2, 0) is 18.4 Å². The fraction of sp³-hybridized carbons (Fsp3) is 0.933. The molecule has 2 fully saturated rings. The van der Waals surface area contributed by atoms with Gasteiger partial charge in [0.1, 0.15) is 0 Å². The van der Waals surface area contributed by atoms with E-state index >= 15 is 0 Å². The largest absolute Gasteiger partial charge is 0.497 e. The molecule has 0 aromatic rings. The lowest BCUT2D eigenvalue weighted by Crippen LogP contribution is -2.34. The zero-order valence-electron chi connectivity index (χ0n) is 13.1. The molecule has 2 aliphatic rings. The molecule has 5 unspecified atom stereocenters. The number of carbonyl (C=O) groups is 1. The Hall–Kier alpha value is -0.393. The summed E-state index contributed by atoms with van der Waals surface area (Å²) in [5.74, 6) is 0.500. The fourth-order valence-corrected chi connectivity index (χ4v) is 4.72. The van der Waals surface area contributed by atoms with Crippen molar-refractivity contribution in [1.82, 2.24) is 0 Å². The molecular formula is C15H28O4Si. The highest BCUT2D eigenvalue weighted by atomic mass is 28.3. The van der Waals surface area contributed by atoms with Crippen LogP contribution in [0.4, 0.5) is 0 Å². The van der Waals surface area contributed by atoms with E-state index in [4.69, 9.17) is 13.6 Å². The molecule has 0 amide bonds. The number of ether oxygens (including phenoxy) is 1. The maximum atomic E-state index is 11.2. The van der Waals surface area contributed by atoms with Crippen LogP contribution in [0.3, 0.4) is 0 Å². The van der Waals surface area contributed by atoms with Gasteiger partial charge in [0.15, 0.2) is 0 Å². The Morgan fingerprint density at radius 2 is 2.10 bits per heavy atom. The zero-order chi connectivity index (χ0) is 14.7. The summed E-state index contributed by atoms with van der Waals surface area (Å²) >= 11 is 0. The number of epoxide rings is 1. The van der Waals surface area contributed by atoms with Crippen molar-refractivity contribution in [3.05, 3.63) is 0 Å². The van der Waals surface area contributed by atoms with Gasteiger partial charge in [0, 0.05) is 18.6 Å². The van der Waals surface area contributed by atoms with E-state index in [0.29, 0.717) is 23.7 Å². The fourth-order valence-electron chi connectivity index (χ4n) is 3.07. The van der Waals surface area contributed by atoms with Gasteiger partial charge < -0.3 is 13.6 Å². The van der Waals surface area contributed by atoms with Crippen LogP contribution in [0.1, 0.15) is 59.8 Å². The summed E-state index contributed by atoms with van der Waals surface area (Å²) in [5.41, 5.74) is 0.315. The first-order valence-electron chi connectivity index (χ1n) is 7.97. The summed E-state index contributed by atoms with van der Waals surface area (Å²) in [4.78, 5) is 11.2. The lowest BCUT2D eigenvalue weighted by molar-refractivity contribution is -0.134. The van der Waals surface area contributed by atoms with Crippen molar-refractivity contribution in [1.29, 1.82) is 0 Å². The lowest BCUT2D eigenvalue weighted by atomic mass is 9.85. The van der Waals surface area contributed by atoms with E-state index in [0.717, 1.165) is 12.8 Å². The van der Waals surface area contributed by atoms with E-state index in [2.05, 4.69) is 20.8 Å². The van der Waals surface area contributed by atoms with Gasteiger partial charge in [-0.2, -0.15) is 0 Å². The summed E-state index contributed by atoms with van der Waals surface area (Å²) in [5, 5.41) is 0. The van der Waals surface area contributed by atoms with Crippen LogP contribution in [-0.4, -0.2) is 33.6 Å². The number of fused-ring (bicyclic) bond motifs is 1. The van der Waals surface area contributed by atoms with Gasteiger partial charge in [-0.05, 0) is 38.0 Å². The molecule has 0 aromatic carbocycles. The first kappa shape index (κ1) is 16.0. The maximum Gasteiger partial charge on any atom is 0.388 e. The van der Waals surface area contributed by atoms with Crippen LogP contribution in [0.5, 0.6) is 0 Å². The van der Waals surface area contributed by atoms with Gasteiger partial charge in [0.05, 0.1) is 12.2 Å². The van der Waals surface area contributed by atoms with E-state index in [9.17, 15) is 4.79 Å². The van der Waals surface area contributed by atoms with Crippen molar-refractivity contribution in [3.63, 3.8) is 0 Å². The number of rotatable bonds is 7. The molecule has 2 rings (SSSR count). The summed E-state index contributed by atoms with van der Waals surface area (Å²) in [6.45, 7) is 7.79. The highest BCUT2D eigenvalue weighted by Crippen LogP contribution is 2.41. The van der Waals surface area contributed by atoms with Gasteiger partial charge in [-0.1, -0.05) is 20.8 Å². The van der Waals surface area contributed by atoms with Crippen molar-refractivity contribution in [2.24, 2.45) is 5.92 Å². The number of carbonyl (C=O) groups excluding carboxylic acids is 1. The average Bonchev–Trinajstić information content (AvgIpc) is 3.14. The Balaban J connectivity index is 1.81. The molecule has 0 aromatic heterocycles. The minimum Gasteiger partial charge on any atom is -0.497 e. The Morgan fingerprint density at radius 3 is 2.65 bits per heavy atom. The first-order chi connectivity index (χ1) is 9.49. The average molecular weight is 300 g/mol. The molecule has 0 spiro atoms. The molecule has 1 aliphatic carbocycles. The maximum absolute atomic E-state index is 11.2. The molecule has 1 saturated carbocycles. The van der Waals surface area contributed by atoms with Crippen LogP contribution in [0.25, 0.3) is 0 Å². The topological polar surface area (TPSA) is 48.1 Å². The second-order valence-corrected chi connectivity index (χ2v) is 9.09. The molecule has 0 radical (unpaired) electrons. The monoisotopic (exact) mass is 300 g/mol. The smallest absolute Gasteiger partial charge is 0.388 e. The third kappa shape index (κ3) is 4.57. The van der Waals surface area contributed by atoms with Gasteiger partial charge in [-0.25, -0.2) is 0 Å². The molecule has 0 N–H and O–H groups in total. The Morgan fingerprint density at radius 1 is 1.35 bits per heavy atom. The molecule has 5 heteroatoms. The Kier molecular flexibility index (Phi) is 5.63. The van der Waals surface area contributed by atoms with Crippen LogP contribution < -0.4 is 0 Å². The van der Waals surface area contributed by atoms with Crippen LogP contribution in [0.15, 0.2) is 0 Å². The van der Waals surface area contributed by atoms with Gasteiger partial charge in [0.25, 0.3) is 5.97 Å². The standard InChI is InChI=1S/C15H28O4Si/c1-5-13(19-20(10(2)3)18-11(4)16)8-12-6-7-14-15(9-12)17-14/h10,12-15,20H,5-9H2,1-4H3. The summed E-state index contributed by atoms with van der Waals surface area (Å²) < 4.78 is 17.2. The van der Waals surface area contributed by atoms with Crippen LogP contribution in [0, 0.1) is 5.92 Å². The Bertz CT molecular complexity index is 334. The highest BCUT2D eigenvalue weighted by molar-refractivity contribution is 6.48. The van der Waals surface area contributed by atoms with Crippen molar-refractivity contribution in [3.8, 4) is 0 Å². The molecule has 1 aliphatic heterocycles. The molecule has 0 bridgehead atoms. The minimum atomic E-state index is -1.90. The Labute approximate surface area is 124 Å². The molecule has 1 heterocycles. The summed E-state index contributed by atoms with van der Waals surface area (Å²) in [6.07, 6.45) is 7.04. The van der Waals surface area contributed by atoms with E-state index in [1.54, 1.807) is 0 Å². The van der Waals surface area contributed by atoms with Crippen molar-refractivity contribution in [2.75, 3.05) is 0 Å². The van der Waals surface area contributed by atoms with E-state index in [1.165, 1.54) is 26.2 Å². The summed E-state index contributed by atoms with van der Waals surface area (Å²) in [7, 11) is -1.90. The normalized spacial score (nSPS) is 31.6. The van der Waals surface area contributed by atoms with Gasteiger partial charge in [0.2, 0.25) is 0 Å². The van der Waals surface area contributed by atoms with Crippen LogP contribution >= 0.6 is 0 Å². The van der Waals surface area contributed by atoms with Gasteiger partial charge in [-0.15, -0.1) is 0 Å². The third-order valence-electron chi connectivity index (χ3n) is 4.32. The van der Waals surface area contributed by atoms with E-state index in [-0.39, 0.29) is 12.1 Å². The molecule has 4 nitrogen and oxygen atoms in total. The third-order valence-corrected chi connectivity index (χ3v) is 6.62. The van der Waals surface area contributed by atoms with Crippen LogP contribution in [0.2, 0.25) is 5.54 Å². The lowest BCUT2D eigenvalue weighted by Gasteiger charge is -2.28. The number of hydrogen-bond acceptors (Lipinski definition) is 4. The molecule has 1 saturated heterocycles. The molecule has 20 heavy (non-hydrogen) atoms. The molecular weight excluding hydrogens is 272 g/mol. The number of hydrogen-bond donors (Lipinski definition) is 0. The predicted molar refractivity (Wildman–Crippen MR) is 79.8 cm³/mol. The van der Waals surface area contributed by atoms with Crippen molar-refractivity contribution < 1.29 is 18.4 Å². The van der Waals surface area contributed by atoms with Crippen molar-refractivity contribution in [2.45, 2.75) is 83.7 Å². The zero-order valence-corrected chi connectivity index (χ0v) is 14.3. The second-order valence-electron chi connectivity index (χ2n) is 6.52. The molecule has 116 valence electrons. The quantitative estimate of drug-likeness (QED) is 0.536. The van der Waals surface area contributed by atoms with E-state index in [1.807, 2.05) is 0 Å². The van der Waals surface area contributed by atoms with Crippen molar-refractivity contribution >= 4 is 15.3 Å². The van der Waals surface area contributed by atoms with Gasteiger partial charge in [-0.3, -0.25) is 4.79 Å². The molecule has 5 atom stereocenters. The first-order valence-corrected chi connectivity index (χ1v) is 9.58. The minimum absolute atomic E-state index is 0.211. The van der Waals surface area contributed by atoms with Gasteiger partial charge >= 0.3 is 9.28 Å². The SMILES string of the molecule is CCC(CC1CCC2OC2C1)O[SiH](OC(C)=O)C(C)C. The highest BCUT2D eigenvalue weighted by Gasteiger charge is 2.44. The predicted octanol–water partition coefficient (Wildman–Crippen LogP) is 2.93. The van der Waals surface area contributed by atoms with E-state index < -0.39 is 9.28 Å². The summed E-state index contributed by atoms with van der Waals surface area (Å²) in [6, 6.07) is 0.